The molecule has 0 amide bonds. The summed E-state index contributed by atoms with van der Waals surface area (Å²) in [5.41, 5.74) is 6.42. The summed E-state index contributed by atoms with van der Waals surface area (Å²) in [5, 5.41) is 0. The minimum absolute atomic E-state index is 0.454. The Morgan fingerprint density at radius 1 is 1.07 bits per heavy atom. The molecule has 0 aromatic heterocycles. The van der Waals surface area contributed by atoms with Crippen LogP contribution in [0.3, 0.4) is 0 Å². The van der Waals surface area contributed by atoms with Gasteiger partial charge in [-0.15, -0.1) is 0 Å². The SMILES string of the molecule is CCC(CC)C(N)C1CCC(C)C(C)C1. The lowest BCUT2D eigenvalue weighted by molar-refractivity contribution is 0.157. The first-order valence-electron chi connectivity index (χ1n) is 6.85. The maximum Gasteiger partial charge on any atom is 0.00955 e. The molecule has 0 aromatic carbocycles. The van der Waals surface area contributed by atoms with Crippen LogP contribution >= 0.6 is 0 Å². The van der Waals surface area contributed by atoms with Gasteiger partial charge in [0.05, 0.1) is 0 Å². The summed E-state index contributed by atoms with van der Waals surface area (Å²) in [7, 11) is 0. The van der Waals surface area contributed by atoms with Crippen LogP contribution in [0.5, 0.6) is 0 Å². The summed E-state index contributed by atoms with van der Waals surface area (Å²) >= 11 is 0. The first kappa shape index (κ1) is 13.0. The van der Waals surface area contributed by atoms with Gasteiger partial charge in [-0.1, -0.05) is 47.0 Å². The Labute approximate surface area is 95.8 Å². The molecule has 1 rings (SSSR count). The van der Waals surface area contributed by atoms with Crippen molar-refractivity contribution in [2.75, 3.05) is 0 Å². The fraction of sp³-hybridized carbons (Fsp3) is 1.00. The van der Waals surface area contributed by atoms with E-state index in [1.807, 2.05) is 0 Å². The molecule has 0 radical (unpaired) electrons. The van der Waals surface area contributed by atoms with E-state index >= 15 is 0 Å². The van der Waals surface area contributed by atoms with Crippen LogP contribution in [-0.4, -0.2) is 6.04 Å². The summed E-state index contributed by atoms with van der Waals surface area (Å²) in [4.78, 5) is 0. The molecule has 0 aliphatic heterocycles. The van der Waals surface area contributed by atoms with Crippen molar-refractivity contribution in [1.29, 1.82) is 0 Å². The molecule has 1 heteroatoms. The van der Waals surface area contributed by atoms with Crippen LogP contribution in [0, 0.1) is 23.7 Å². The first-order valence-corrected chi connectivity index (χ1v) is 6.85. The van der Waals surface area contributed by atoms with Gasteiger partial charge < -0.3 is 5.73 Å². The smallest absolute Gasteiger partial charge is 0.00955 e. The lowest BCUT2D eigenvalue weighted by Gasteiger charge is -2.38. The van der Waals surface area contributed by atoms with Gasteiger partial charge in [-0.2, -0.15) is 0 Å². The van der Waals surface area contributed by atoms with Crippen LogP contribution in [0.1, 0.15) is 59.8 Å². The molecule has 1 fully saturated rings. The summed E-state index contributed by atoms with van der Waals surface area (Å²) in [6.07, 6.45) is 6.61. The van der Waals surface area contributed by atoms with Crippen LogP contribution in [-0.2, 0) is 0 Å². The van der Waals surface area contributed by atoms with Crippen LogP contribution in [0.4, 0.5) is 0 Å². The lowest BCUT2D eigenvalue weighted by Crippen LogP contribution is -2.40. The lowest BCUT2D eigenvalue weighted by atomic mass is 9.70. The van der Waals surface area contributed by atoms with Crippen molar-refractivity contribution >= 4 is 0 Å². The highest BCUT2D eigenvalue weighted by molar-refractivity contribution is 4.85. The Kier molecular flexibility index (Phi) is 5.11. The van der Waals surface area contributed by atoms with Crippen molar-refractivity contribution < 1.29 is 0 Å². The molecule has 4 atom stereocenters. The average molecular weight is 211 g/mol. The summed E-state index contributed by atoms with van der Waals surface area (Å²) in [5.74, 6) is 3.33. The van der Waals surface area contributed by atoms with Crippen molar-refractivity contribution in [2.24, 2.45) is 29.4 Å². The van der Waals surface area contributed by atoms with E-state index in [9.17, 15) is 0 Å². The van der Waals surface area contributed by atoms with Crippen LogP contribution in [0.2, 0.25) is 0 Å². The van der Waals surface area contributed by atoms with Gasteiger partial charge in [0.15, 0.2) is 0 Å². The topological polar surface area (TPSA) is 26.0 Å². The van der Waals surface area contributed by atoms with Gasteiger partial charge in [-0.05, 0) is 36.5 Å². The first-order chi connectivity index (χ1) is 7.10. The van der Waals surface area contributed by atoms with Gasteiger partial charge in [-0.3, -0.25) is 0 Å². The quantitative estimate of drug-likeness (QED) is 0.751. The van der Waals surface area contributed by atoms with Crippen LogP contribution in [0.15, 0.2) is 0 Å². The van der Waals surface area contributed by atoms with Gasteiger partial charge in [0.1, 0.15) is 0 Å². The zero-order valence-electron chi connectivity index (χ0n) is 11.0. The highest BCUT2D eigenvalue weighted by atomic mass is 14.7. The molecule has 0 spiro atoms. The Balaban J connectivity index is 2.49. The van der Waals surface area contributed by atoms with Crippen LogP contribution in [0.25, 0.3) is 0 Å². The molecule has 0 heterocycles. The number of hydrogen-bond acceptors (Lipinski definition) is 1. The minimum Gasteiger partial charge on any atom is -0.327 e. The third kappa shape index (κ3) is 3.21. The minimum atomic E-state index is 0.454. The van der Waals surface area contributed by atoms with E-state index in [1.165, 1.54) is 32.1 Å². The second kappa shape index (κ2) is 5.89. The van der Waals surface area contributed by atoms with Crippen molar-refractivity contribution in [2.45, 2.75) is 65.8 Å². The molecule has 1 aliphatic rings. The molecule has 0 saturated heterocycles. The fourth-order valence-electron chi connectivity index (χ4n) is 3.16. The normalized spacial score (nSPS) is 34.4. The monoisotopic (exact) mass is 211 g/mol. The van der Waals surface area contributed by atoms with Gasteiger partial charge >= 0.3 is 0 Å². The molecule has 2 N–H and O–H groups in total. The Bertz CT molecular complexity index is 174. The Morgan fingerprint density at radius 3 is 2.13 bits per heavy atom. The zero-order valence-corrected chi connectivity index (χ0v) is 11.0. The molecule has 15 heavy (non-hydrogen) atoms. The van der Waals surface area contributed by atoms with Crippen molar-refractivity contribution in [3.8, 4) is 0 Å². The van der Waals surface area contributed by atoms with E-state index in [0.717, 1.165) is 23.7 Å². The average Bonchev–Trinajstić information content (AvgIpc) is 2.23. The van der Waals surface area contributed by atoms with Gasteiger partial charge in [0.25, 0.3) is 0 Å². The third-order valence-corrected chi connectivity index (χ3v) is 4.78. The second-order valence-electron chi connectivity index (χ2n) is 5.68. The molecular formula is C14H29N. The third-order valence-electron chi connectivity index (χ3n) is 4.78. The molecular weight excluding hydrogens is 182 g/mol. The number of nitrogens with two attached hydrogens (primary N) is 1. The zero-order chi connectivity index (χ0) is 11.4. The molecule has 0 aromatic rings. The van der Waals surface area contributed by atoms with Crippen LogP contribution < -0.4 is 5.73 Å². The van der Waals surface area contributed by atoms with E-state index in [1.54, 1.807) is 0 Å². The van der Waals surface area contributed by atoms with Gasteiger partial charge in [-0.25, -0.2) is 0 Å². The second-order valence-corrected chi connectivity index (χ2v) is 5.68. The summed E-state index contributed by atoms with van der Waals surface area (Å²) in [6.45, 7) is 9.35. The fourth-order valence-corrected chi connectivity index (χ4v) is 3.16. The molecule has 0 bridgehead atoms. The number of hydrogen-bond donors (Lipinski definition) is 1. The molecule has 1 saturated carbocycles. The molecule has 1 aliphatic carbocycles. The predicted octanol–water partition coefficient (Wildman–Crippen LogP) is 3.82. The maximum atomic E-state index is 6.42. The van der Waals surface area contributed by atoms with E-state index in [-0.39, 0.29) is 0 Å². The van der Waals surface area contributed by atoms with Gasteiger partial charge in [0.2, 0.25) is 0 Å². The highest BCUT2D eigenvalue weighted by Crippen LogP contribution is 2.36. The number of rotatable bonds is 4. The predicted molar refractivity (Wildman–Crippen MR) is 67.7 cm³/mol. The Hall–Kier alpha value is -0.0400. The van der Waals surface area contributed by atoms with Gasteiger partial charge in [0, 0.05) is 6.04 Å². The Morgan fingerprint density at radius 2 is 1.67 bits per heavy atom. The summed E-state index contributed by atoms with van der Waals surface area (Å²) in [6, 6.07) is 0.454. The molecule has 4 unspecified atom stereocenters. The van der Waals surface area contributed by atoms with Crippen molar-refractivity contribution in [3.05, 3.63) is 0 Å². The molecule has 90 valence electrons. The van der Waals surface area contributed by atoms with E-state index < -0.39 is 0 Å². The van der Waals surface area contributed by atoms with E-state index in [2.05, 4.69) is 27.7 Å². The van der Waals surface area contributed by atoms with E-state index in [0.29, 0.717) is 6.04 Å². The molecule has 1 nitrogen and oxygen atoms in total. The standard InChI is InChI=1S/C14H29N/c1-5-12(6-2)14(15)13-8-7-10(3)11(4)9-13/h10-14H,5-9,15H2,1-4H3. The highest BCUT2D eigenvalue weighted by Gasteiger charge is 2.30. The van der Waals surface area contributed by atoms with Crippen molar-refractivity contribution in [3.63, 3.8) is 0 Å². The van der Waals surface area contributed by atoms with E-state index in [4.69, 9.17) is 5.73 Å². The largest absolute Gasteiger partial charge is 0.327 e. The summed E-state index contributed by atoms with van der Waals surface area (Å²) < 4.78 is 0. The maximum absolute atomic E-state index is 6.42. The van der Waals surface area contributed by atoms with Crippen molar-refractivity contribution in [1.82, 2.24) is 0 Å².